The number of nitrogens with zero attached hydrogens (tertiary/aromatic N) is 12. The van der Waals surface area contributed by atoms with Crippen LogP contribution in [-0.2, 0) is 50.4 Å². The Morgan fingerprint density at radius 2 is 0.782 bits per heavy atom. The van der Waals surface area contributed by atoms with Gasteiger partial charge in [-0.3, -0.25) is 13.7 Å². The van der Waals surface area contributed by atoms with Crippen molar-refractivity contribution < 1.29 is 56.8 Å². The Morgan fingerprint density at radius 1 is 0.338 bits per heavy atom. The van der Waals surface area contributed by atoms with Gasteiger partial charge in [0.25, 0.3) is 0 Å². The van der Waals surface area contributed by atoms with E-state index in [0.29, 0.717) is 11.5 Å². The number of halogens is 1. The van der Waals surface area contributed by atoms with E-state index in [9.17, 15) is 0 Å². The Morgan fingerprint density at radius 3 is 1.35 bits per heavy atom. The summed E-state index contributed by atoms with van der Waals surface area (Å²) >= 11 is 0. The van der Waals surface area contributed by atoms with Crippen LogP contribution in [0, 0.1) is 12.1 Å². The van der Waals surface area contributed by atoms with Gasteiger partial charge in [0.1, 0.15) is 59.0 Å². The summed E-state index contributed by atoms with van der Waals surface area (Å²) in [4.78, 5) is 23.6. The molecule has 0 N–H and O–H groups in total. The standard InChI is InChI=1S/C41H35N4O.C41H34N4O.C34H28N4O.BrH.Pt/c2*1-41(2,3)30-22-23-42-40(24-30)45-36-17-8-7-16-34(36)35-21-20-33(26-39(35)45)46-32-15-11-14-31(25-32)44-28-43(27-29-12-5-4-6-13-29)37-18-9-10-19-38(37)44;1-34(2,3)23-17-18-35-33(19-23)38-30-13-6-4-11-27(30)28-16-15-26(21-32(28)38)39-25-10-8-9-24(20-25)37-22-36-29-12-5-7-14-31(29)37;;/h4-26,28H,27H2,1-3H3;4-24H,27-28H2,1-3H3;4-22H,1-3H3;1H;/q+1;-2;;;+2/p-1. The number of benzene rings is 14. The third-order valence-corrected chi connectivity index (χ3v) is 24.7. The average Bonchev–Trinajstić information content (AvgIpc) is 1.60. The molecule has 0 saturated heterocycles. The number of para-hydroxylation sites is 9. The molecule has 0 aliphatic carbocycles. The van der Waals surface area contributed by atoms with Crippen molar-refractivity contribution in [1.29, 1.82) is 0 Å². The van der Waals surface area contributed by atoms with E-state index in [2.05, 4.69) is 414 Å². The summed E-state index contributed by atoms with van der Waals surface area (Å²) in [7, 11) is 0. The molecule has 22 aromatic rings. The Balaban J connectivity index is 0.000000128. The van der Waals surface area contributed by atoms with Gasteiger partial charge in [0, 0.05) is 88.0 Å². The van der Waals surface area contributed by atoms with E-state index >= 15 is 0 Å². The maximum atomic E-state index is 6.57. The fourth-order valence-electron chi connectivity index (χ4n) is 18.0. The van der Waals surface area contributed by atoms with Gasteiger partial charge in [-0.15, -0.1) is 35.7 Å². The minimum atomic E-state index is 0. The van der Waals surface area contributed by atoms with Crippen LogP contribution in [0.1, 0.15) is 90.1 Å². The van der Waals surface area contributed by atoms with Crippen molar-refractivity contribution in [3.05, 3.63) is 429 Å². The van der Waals surface area contributed by atoms with E-state index in [0.717, 1.165) is 143 Å². The Hall–Kier alpha value is -15.0. The second-order valence-corrected chi connectivity index (χ2v) is 36.6. The van der Waals surface area contributed by atoms with Crippen LogP contribution in [-0.4, -0.2) is 49.4 Å². The van der Waals surface area contributed by atoms with Crippen LogP contribution >= 0.6 is 0 Å². The fraction of sp³-hybridized carbons (Fsp3) is 0.129. The summed E-state index contributed by atoms with van der Waals surface area (Å²) in [6.07, 6.45) is 9.75. The van der Waals surface area contributed by atoms with Gasteiger partial charge in [-0.2, -0.15) is 16.7 Å². The molecule has 0 fully saturated rings. The third-order valence-electron chi connectivity index (χ3n) is 24.7. The fourth-order valence-corrected chi connectivity index (χ4v) is 18.0. The molecule has 0 amide bonds. The van der Waals surface area contributed by atoms with Crippen LogP contribution in [0.4, 0.5) is 17.1 Å². The molecule has 15 nitrogen and oxygen atoms in total. The summed E-state index contributed by atoms with van der Waals surface area (Å²) in [5, 5.41) is 6.98. The number of hydrogen-bond donors (Lipinski definition) is 0. The molecule has 133 heavy (non-hydrogen) atoms. The molecule has 656 valence electrons. The van der Waals surface area contributed by atoms with Crippen LogP contribution in [0.25, 0.3) is 116 Å². The first-order valence-electron chi connectivity index (χ1n) is 44.6. The largest absolute Gasteiger partial charge is 2.00 e. The van der Waals surface area contributed by atoms with Gasteiger partial charge in [-0.05, 0) is 189 Å². The molecule has 23 rings (SSSR count). The molecular weight excluding hydrogens is 1880 g/mol. The molecular formula is C116H97BrN12O3Pt. The molecule has 0 spiro atoms. The Kier molecular flexibility index (Phi) is 23.9. The maximum absolute atomic E-state index is 6.57. The van der Waals surface area contributed by atoms with Crippen LogP contribution in [0.2, 0.25) is 0 Å². The normalized spacial score (nSPS) is 12.1. The molecule has 1 aliphatic rings. The van der Waals surface area contributed by atoms with Crippen LogP contribution in [0.5, 0.6) is 34.5 Å². The zero-order chi connectivity index (χ0) is 89.1. The number of ether oxygens (including phenoxy) is 3. The van der Waals surface area contributed by atoms with Gasteiger partial charge in [-0.25, -0.2) is 24.5 Å². The molecule has 0 atom stereocenters. The quantitative estimate of drug-likeness (QED) is 0.0689. The Labute approximate surface area is 798 Å². The average molecular weight is 1980 g/mol. The smallest absolute Gasteiger partial charge is 1.00 e. The van der Waals surface area contributed by atoms with E-state index in [1.54, 1.807) is 0 Å². The van der Waals surface area contributed by atoms with Gasteiger partial charge < -0.3 is 45.6 Å². The van der Waals surface area contributed by atoms with E-state index < -0.39 is 0 Å². The number of imidazole rings is 2. The second kappa shape index (κ2) is 36.4. The predicted molar refractivity (Wildman–Crippen MR) is 532 cm³/mol. The van der Waals surface area contributed by atoms with Crippen LogP contribution in [0.3, 0.4) is 0 Å². The SMILES string of the molecule is CC(C)(C)c1ccnc(-n2c3[c-]c(Oc4[c-]c(N5CN(Cc6ccccc6)c6ccccc65)ccc4)ccc3c3ccccc32)c1.CC(C)(C)c1ccnc(-n2c3ccccc3c3ccc(Oc4cccc(-n5c[n+](Cc6ccccc6)c6ccccc65)c4)cc32)c1.CC(C)(C)c1ccnc(-n2c3ccccc3c3ccc(Oc4cccc(-n5cnc6ccccc65)c4)cc32)c1.[Br-].[Pt+2]. The monoisotopic (exact) mass is 1980 g/mol. The summed E-state index contributed by atoms with van der Waals surface area (Å²) in [5.41, 5.74) is 22.4. The third kappa shape index (κ3) is 17.6. The van der Waals surface area contributed by atoms with Crippen molar-refractivity contribution in [2.45, 2.75) is 91.6 Å². The van der Waals surface area contributed by atoms with Crippen molar-refractivity contribution in [2.24, 2.45) is 0 Å². The topological polar surface area (TPSA) is 114 Å². The van der Waals surface area contributed by atoms with Crippen molar-refractivity contribution >= 4 is 105 Å². The van der Waals surface area contributed by atoms with Gasteiger partial charge in [0.15, 0.2) is 11.0 Å². The molecule has 8 aromatic heterocycles. The van der Waals surface area contributed by atoms with E-state index in [-0.39, 0.29) is 54.3 Å². The first-order chi connectivity index (χ1) is 63.8. The summed E-state index contributed by atoms with van der Waals surface area (Å²) in [6, 6.07) is 131. The molecule has 0 bridgehead atoms. The second-order valence-electron chi connectivity index (χ2n) is 36.6. The van der Waals surface area contributed by atoms with Gasteiger partial charge in [0.2, 0.25) is 6.33 Å². The molecule has 0 unspecified atom stereocenters. The van der Waals surface area contributed by atoms with E-state index in [4.69, 9.17) is 29.2 Å². The van der Waals surface area contributed by atoms with Crippen molar-refractivity contribution in [3.63, 3.8) is 0 Å². The molecule has 1 aliphatic heterocycles. The minimum Gasteiger partial charge on any atom is -1.00 e. The van der Waals surface area contributed by atoms with E-state index in [1.165, 1.54) is 60.6 Å². The summed E-state index contributed by atoms with van der Waals surface area (Å²) in [5.74, 6) is 7.03. The van der Waals surface area contributed by atoms with E-state index in [1.807, 2.05) is 91.6 Å². The number of hydrogen-bond acceptors (Lipinski definition) is 9. The van der Waals surface area contributed by atoms with Crippen LogP contribution < -0.4 is 45.6 Å². The van der Waals surface area contributed by atoms with Gasteiger partial charge in [-0.1, -0.05) is 237 Å². The molecule has 0 radical (unpaired) electrons. The minimum absolute atomic E-state index is 0. The number of aromatic nitrogens is 10. The first-order valence-corrected chi connectivity index (χ1v) is 44.6. The Bertz CT molecular complexity index is 8050. The molecule has 0 saturated carbocycles. The molecule has 14 aromatic carbocycles. The van der Waals surface area contributed by atoms with Crippen molar-refractivity contribution in [1.82, 2.24) is 42.8 Å². The van der Waals surface area contributed by atoms with Crippen LogP contribution in [0.15, 0.2) is 389 Å². The number of pyridine rings is 3. The zero-order valence-electron chi connectivity index (χ0n) is 75.4. The number of rotatable bonds is 16. The summed E-state index contributed by atoms with van der Waals surface area (Å²) < 4.78 is 32.8. The predicted octanol–water partition coefficient (Wildman–Crippen LogP) is 25.1. The number of fused-ring (bicyclic) bond motifs is 12. The zero-order valence-corrected chi connectivity index (χ0v) is 79.2. The maximum Gasteiger partial charge on any atom is 2.00 e. The van der Waals surface area contributed by atoms with Crippen molar-refractivity contribution in [2.75, 3.05) is 16.5 Å². The number of anilines is 3. The first kappa shape index (κ1) is 87.4. The summed E-state index contributed by atoms with van der Waals surface area (Å²) in [6.45, 7) is 22.4. The van der Waals surface area contributed by atoms with Gasteiger partial charge >= 0.3 is 21.1 Å². The molecule has 17 heteroatoms. The van der Waals surface area contributed by atoms with Gasteiger partial charge in [0.05, 0.1) is 56.8 Å². The van der Waals surface area contributed by atoms with Crippen molar-refractivity contribution in [3.8, 4) is 63.3 Å². The molecule has 9 heterocycles.